The van der Waals surface area contributed by atoms with Crippen molar-refractivity contribution in [2.24, 2.45) is 0 Å². The fraction of sp³-hybridized carbons (Fsp3) is 0.0714. The first-order chi connectivity index (χ1) is 10.0. The summed E-state index contributed by atoms with van der Waals surface area (Å²) in [4.78, 5) is 4.24. The van der Waals surface area contributed by atoms with Crippen molar-refractivity contribution >= 4 is 40.2 Å². The second-order valence-corrected chi connectivity index (χ2v) is 5.19. The van der Waals surface area contributed by atoms with Gasteiger partial charge in [-0.15, -0.1) is 0 Å². The molecule has 0 fully saturated rings. The number of hydrogen-bond acceptors (Lipinski definition) is 3. The monoisotopic (exact) mass is 325 g/mol. The Morgan fingerprint density at radius 2 is 1.90 bits per heavy atom. The van der Waals surface area contributed by atoms with Gasteiger partial charge in [0.1, 0.15) is 11.6 Å². The van der Waals surface area contributed by atoms with Crippen molar-refractivity contribution in [3.05, 3.63) is 46.2 Å². The van der Waals surface area contributed by atoms with Crippen LogP contribution in [0.4, 0.5) is 10.3 Å². The summed E-state index contributed by atoms with van der Waals surface area (Å²) < 4.78 is 20.2. The quantitative estimate of drug-likeness (QED) is 0.772. The SMILES string of the molecule is COc1cc(F)ccc1-n1c(N)nc2cc(Cl)c(Cl)cc21. The summed E-state index contributed by atoms with van der Waals surface area (Å²) in [6.45, 7) is 0. The van der Waals surface area contributed by atoms with E-state index in [9.17, 15) is 4.39 Å². The van der Waals surface area contributed by atoms with E-state index in [1.54, 1.807) is 22.8 Å². The third kappa shape index (κ3) is 2.28. The van der Waals surface area contributed by atoms with Crippen molar-refractivity contribution in [3.8, 4) is 11.4 Å². The first-order valence-corrected chi connectivity index (χ1v) is 6.73. The van der Waals surface area contributed by atoms with Crippen LogP contribution >= 0.6 is 23.2 Å². The highest BCUT2D eigenvalue weighted by atomic mass is 35.5. The van der Waals surface area contributed by atoms with E-state index >= 15 is 0 Å². The number of imidazole rings is 1. The van der Waals surface area contributed by atoms with Gasteiger partial charge in [0.2, 0.25) is 5.95 Å². The topological polar surface area (TPSA) is 53.1 Å². The van der Waals surface area contributed by atoms with E-state index in [4.69, 9.17) is 33.7 Å². The second-order valence-electron chi connectivity index (χ2n) is 4.38. The molecule has 4 nitrogen and oxygen atoms in total. The summed E-state index contributed by atoms with van der Waals surface area (Å²) in [5.74, 6) is 0.167. The number of fused-ring (bicyclic) bond motifs is 1. The summed E-state index contributed by atoms with van der Waals surface area (Å²) >= 11 is 12.0. The first kappa shape index (κ1) is 14.0. The molecule has 2 N–H and O–H groups in total. The van der Waals surface area contributed by atoms with Gasteiger partial charge < -0.3 is 10.5 Å². The summed E-state index contributed by atoms with van der Waals surface area (Å²) in [7, 11) is 1.46. The molecular weight excluding hydrogens is 316 g/mol. The van der Waals surface area contributed by atoms with Crippen molar-refractivity contribution in [2.45, 2.75) is 0 Å². The minimum Gasteiger partial charge on any atom is -0.494 e. The number of benzene rings is 2. The van der Waals surface area contributed by atoms with E-state index in [0.29, 0.717) is 32.5 Å². The van der Waals surface area contributed by atoms with Crippen LogP contribution in [0.5, 0.6) is 5.75 Å². The molecule has 1 heterocycles. The molecule has 0 saturated carbocycles. The average molecular weight is 326 g/mol. The molecule has 0 aliphatic heterocycles. The smallest absolute Gasteiger partial charge is 0.206 e. The number of aromatic nitrogens is 2. The van der Waals surface area contributed by atoms with Crippen LogP contribution in [-0.4, -0.2) is 16.7 Å². The molecule has 7 heteroatoms. The zero-order valence-electron chi connectivity index (χ0n) is 10.9. The molecule has 108 valence electrons. The normalized spacial score (nSPS) is 11.0. The third-order valence-corrected chi connectivity index (χ3v) is 3.83. The number of anilines is 1. The van der Waals surface area contributed by atoms with Gasteiger partial charge in [-0.25, -0.2) is 9.37 Å². The zero-order chi connectivity index (χ0) is 15.1. The molecule has 0 unspecified atom stereocenters. The van der Waals surface area contributed by atoms with Crippen LogP contribution in [0, 0.1) is 5.82 Å². The Balaban J connectivity index is 2.35. The van der Waals surface area contributed by atoms with Crippen LogP contribution in [0.1, 0.15) is 0 Å². The van der Waals surface area contributed by atoms with Gasteiger partial charge in [0, 0.05) is 6.07 Å². The first-order valence-electron chi connectivity index (χ1n) is 5.98. The molecular formula is C14H10Cl2FN3O. The maximum absolute atomic E-state index is 13.3. The molecule has 0 amide bonds. The second kappa shape index (κ2) is 5.09. The number of hydrogen-bond donors (Lipinski definition) is 1. The molecule has 0 radical (unpaired) electrons. The van der Waals surface area contributed by atoms with Gasteiger partial charge in [0.15, 0.2) is 0 Å². The van der Waals surface area contributed by atoms with E-state index < -0.39 is 5.82 Å². The van der Waals surface area contributed by atoms with Gasteiger partial charge in [0.25, 0.3) is 0 Å². The molecule has 0 spiro atoms. The Morgan fingerprint density at radius 1 is 1.19 bits per heavy atom. The van der Waals surface area contributed by atoms with Crippen molar-refractivity contribution in [1.29, 1.82) is 0 Å². The molecule has 0 aliphatic carbocycles. The molecule has 2 aromatic carbocycles. The van der Waals surface area contributed by atoms with Crippen molar-refractivity contribution in [3.63, 3.8) is 0 Å². The predicted octanol–water partition coefficient (Wildman–Crippen LogP) is 4.06. The van der Waals surface area contributed by atoms with Gasteiger partial charge in [-0.05, 0) is 24.3 Å². The number of methoxy groups -OCH3 is 1. The molecule has 0 aliphatic rings. The number of halogens is 3. The van der Waals surface area contributed by atoms with Crippen LogP contribution < -0.4 is 10.5 Å². The Kier molecular flexibility index (Phi) is 3.39. The lowest BCUT2D eigenvalue weighted by Crippen LogP contribution is -2.03. The van der Waals surface area contributed by atoms with E-state index in [1.165, 1.54) is 19.2 Å². The van der Waals surface area contributed by atoms with Gasteiger partial charge in [-0.3, -0.25) is 4.57 Å². The molecule has 0 bridgehead atoms. The van der Waals surface area contributed by atoms with Crippen LogP contribution in [0.25, 0.3) is 16.7 Å². The highest BCUT2D eigenvalue weighted by molar-refractivity contribution is 6.42. The summed E-state index contributed by atoms with van der Waals surface area (Å²) in [5, 5.41) is 0.770. The van der Waals surface area contributed by atoms with E-state index in [2.05, 4.69) is 4.98 Å². The van der Waals surface area contributed by atoms with Crippen molar-refractivity contribution in [1.82, 2.24) is 9.55 Å². The van der Waals surface area contributed by atoms with Crippen LogP contribution in [0.3, 0.4) is 0 Å². The summed E-state index contributed by atoms with van der Waals surface area (Å²) in [5.41, 5.74) is 7.78. The third-order valence-electron chi connectivity index (χ3n) is 3.11. The molecule has 0 atom stereocenters. The lowest BCUT2D eigenvalue weighted by atomic mass is 10.2. The van der Waals surface area contributed by atoms with Crippen molar-refractivity contribution < 1.29 is 9.13 Å². The van der Waals surface area contributed by atoms with Crippen LogP contribution in [-0.2, 0) is 0 Å². The van der Waals surface area contributed by atoms with E-state index in [0.717, 1.165) is 0 Å². The molecule has 21 heavy (non-hydrogen) atoms. The fourth-order valence-corrected chi connectivity index (χ4v) is 2.50. The van der Waals surface area contributed by atoms with E-state index in [1.807, 2.05) is 0 Å². The number of nitrogen functional groups attached to an aromatic ring is 1. The molecule has 0 saturated heterocycles. The lowest BCUT2D eigenvalue weighted by molar-refractivity contribution is 0.410. The molecule has 3 aromatic rings. The number of nitrogens with two attached hydrogens (primary N) is 1. The lowest BCUT2D eigenvalue weighted by Gasteiger charge is -2.11. The highest BCUT2D eigenvalue weighted by Crippen LogP contribution is 2.33. The maximum atomic E-state index is 13.3. The standard InChI is InChI=1S/C14H10Cl2FN3O/c1-21-13-4-7(17)2-3-11(13)20-12-6-9(16)8(15)5-10(12)19-14(20)18/h2-6H,1H3,(H2,18,19). The minimum atomic E-state index is -0.403. The molecule has 3 rings (SSSR count). The zero-order valence-corrected chi connectivity index (χ0v) is 12.4. The Hall–Kier alpha value is -1.98. The Labute approximate surface area is 129 Å². The maximum Gasteiger partial charge on any atom is 0.206 e. The van der Waals surface area contributed by atoms with Crippen molar-refractivity contribution in [2.75, 3.05) is 12.8 Å². The van der Waals surface area contributed by atoms with Gasteiger partial charge in [-0.2, -0.15) is 0 Å². The highest BCUT2D eigenvalue weighted by Gasteiger charge is 2.16. The van der Waals surface area contributed by atoms with Gasteiger partial charge >= 0.3 is 0 Å². The number of rotatable bonds is 2. The van der Waals surface area contributed by atoms with Gasteiger partial charge in [-0.1, -0.05) is 23.2 Å². The summed E-state index contributed by atoms with van der Waals surface area (Å²) in [6.07, 6.45) is 0. The summed E-state index contributed by atoms with van der Waals surface area (Å²) in [6, 6.07) is 7.44. The van der Waals surface area contributed by atoms with Crippen LogP contribution in [0.15, 0.2) is 30.3 Å². The van der Waals surface area contributed by atoms with E-state index in [-0.39, 0.29) is 5.95 Å². The number of ether oxygens (including phenoxy) is 1. The van der Waals surface area contributed by atoms with Gasteiger partial charge in [0.05, 0.1) is 33.9 Å². The number of nitrogens with zero attached hydrogens (tertiary/aromatic N) is 2. The Bertz CT molecular complexity index is 848. The largest absolute Gasteiger partial charge is 0.494 e. The Morgan fingerprint density at radius 3 is 2.62 bits per heavy atom. The molecule has 1 aromatic heterocycles. The predicted molar refractivity (Wildman–Crippen MR) is 82.0 cm³/mol. The minimum absolute atomic E-state index is 0.230. The fourth-order valence-electron chi connectivity index (χ4n) is 2.18. The van der Waals surface area contributed by atoms with Crippen LogP contribution in [0.2, 0.25) is 10.0 Å². The average Bonchev–Trinajstić information content (AvgIpc) is 2.75.